The van der Waals surface area contributed by atoms with Crippen molar-refractivity contribution in [3.05, 3.63) is 35.5 Å². The summed E-state index contributed by atoms with van der Waals surface area (Å²) in [6, 6.07) is 1.17. The number of carboxylic acid groups (broad SMARTS) is 1. The van der Waals surface area contributed by atoms with Gasteiger partial charge >= 0.3 is 5.97 Å². The fraction of sp³-hybridized carbons (Fsp3) is 0.182. The van der Waals surface area contributed by atoms with Gasteiger partial charge in [-0.1, -0.05) is 5.16 Å². The van der Waals surface area contributed by atoms with Crippen LogP contribution in [0.2, 0.25) is 0 Å². The summed E-state index contributed by atoms with van der Waals surface area (Å²) in [7, 11) is -3.91. The topological polar surface area (TPSA) is 122 Å². The molecule has 0 unspecified atom stereocenters. The monoisotopic (exact) mass is 297 g/mol. The van der Waals surface area contributed by atoms with Crippen LogP contribution >= 0.6 is 0 Å². The molecule has 8 nitrogen and oxygen atoms in total. The van der Waals surface area contributed by atoms with Gasteiger partial charge in [0.2, 0.25) is 0 Å². The van der Waals surface area contributed by atoms with Gasteiger partial charge in [-0.2, -0.15) is 0 Å². The maximum absolute atomic E-state index is 12.2. The first-order valence-electron chi connectivity index (χ1n) is 5.45. The molecule has 0 saturated heterocycles. The number of aromatic carboxylic acids is 1. The van der Waals surface area contributed by atoms with Crippen molar-refractivity contribution in [1.29, 1.82) is 0 Å². The van der Waals surface area contributed by atoms with Crippen molar-refractivity contribution in [2.45, 2.75) is 18.7 Å². The first-order chi connectivity index (χ1) is 9.31. The minimum atomic E-state index is -3.91. The third-order valence-electron chi connectivity index (χ3n) is 2.47. The van der Waals surface area contributed by atoms with E-state index in [1.165, 1.54) is 26.1 Å². The summed E-state index contributed by atoms with van der Waals surface area (Å²) in [5.41, 5.74) is 0.145. The lowest BCUT2D eigenvalue weighted by Gasteiger charge is -2.07. The Labute approximate surface area is 114 Å². The molecule has 0 bridgehead atoms. The molecule has 2 heterocycles. The molecule has 106 valence electrons. The van der Waals surface area contributed by atoms with Crippen LogP contribution in [0.1, 0.15) is 21.8 Å². The second-order valence-corrected chi connectivity index (χ2v) is 5.65. The minimum Gasteiger partial charge on any atom is -0.478 e. The van der Waals surface area contributed by atoms with Crippen molar-refractivity contribution < 1.29 is 22.8 Å². The van der Waals surface area contributed by atoms with E-state index in [4.69, 9.17) is 9.63 Å². The molecule has 0 saturated carbocycles. The van der Waals surface area contributed by atoms with Gasteiger partial charge in [0, 0.05) is 6.20 Å². The van der Waals surface area contributed by atoms with Crippen molar-refractivity contribution >= 4 is 21.7 Å². The summed E-state index contributed by atoms with van der Waals surface area (Å²) in [6.45, 7) is 2.97. The van der Waals surface area contributed by atoms with Crippen LogP contribution in [0.4, 0.5) is 5.69 Å². The number of carboxylic acids is 1. The predicted octanol–water partition coefficient (Wildman–Crippen LogP) is 1.19. The maximum Gasteiger partial charge on any atom is 0.337 e. The van der Waals surface area contributed by atoms with E-state index in [-0.39, 0.29) is 27.6 Å². The average molecular weight is 297 g/mol. The first kappa shape index (κ1) is 14.0. The van der Waals surface area contributed by atoms with Gasteiger partial charge in [-0.25, -0.2) is 13.2 Å². The fourth-order valence-electron chi connectivity index (χ4n) is 1.68. The SMILES string of the molecule is Cc1noc(C)c1S(=O)(=O)Nc1cncc(C(=O)O)c1. The van der Waals surface area contributed by atoms with E-state index in [0.717, 1.165) is 6.20 Å². The zero-order chi connectivity index (χ0) is 14.9. The number of pyridine rings is 1. The number of carbonyl (C=O) groups is 1. The Morgan fingerprint density at radius 2 is 2.05 bits per heavy atom. The van der Waals surface area contributed by atoms with E-state index in [0.29, 0.717) is 0 Å². The van der Waals surface area contributed by atoms with Crippen molar-refractivity contribution in [3.8, 4) is 0 Å². The lowest BCUT2D eigenvalue weighted by Crippen LogP contribution is -2.15. The maximum atomic E-state index is 12.2. The van der Waals surface area contributed by atoms with E-state index in [9.17, 15) is 13.2 Å². The summed E-state index contributed by atoms with van der Waals surface area (Å²) in [5, 5.41) is 12.4. The van der Waals surface area contributed by atoms with Gasteiger partial charge < -0.3 is 9.63 Å². The van der Waals surface area contributed by atoms with Crippen LogP contribution in [-0.4, -0.2) is 29.6 Å². The lowest BCUT2D eigenvalue weighted by atomic mass is 10.3. The van der Waals surface area contributed by atoms with Gasteiger partial charge in [0.05, 0.1) is 17.4 Å². The fourth-order valence-corrected chi connectivity index (χ4v) is 3.04. The summed E-state index contributed by atoms with van der Waals surface area (Å²) >= 11 is 0. The van der Waals surface area contributed by atoms with Gasteiger partial charge in [-0.15, -0.1) is 0 Å². The number of aromatic nitrogens is 2. The molecule has 2 N–H and O–H groups in total. The molecule has 0 aliphatic rings. The molecule has 2 aromatic rings. The molecular formula is C11H11N3O5S. The average Bonchev–Trinajstić information content (AvgIpc) is 2.69. The molecule has 0 aliphatic carbocycles. The lowest BCUT2D eigenvalue weighted by molar-refractivity contribution is 0.0696. The van der Waals surface area contributed by atoms with Crippen LogP contribution < -0.4 is 4.72 Å². The third-order valence-corrected chi connectivity index (χ3v) is 4.10. The molecule has 0 spiro atoms. The molecule has 9 heteroatoms. The molecule has 0 aliphatic heterocycles. The normalized spacial score (nSPS) is 11.3. The van der Waals surface area contributed by atoms with Gasteiger partial charge in [0.1, 0.15) is 5.69 Å². The second-order valence-electron chi connectivity index (χ2n) is 4.03. The number of hydrogen-bond donors (Lipinski definition) is 2. The molecule has 0 amide bonds. The summed E-state index contributed by atoms with van der Waals surface area (Å²) in [4.78, 5) is 14.4. The number of hydrogen-bond acceptors (Lipinski definition) is 6. The molecule has 2 aromatic heterocycles. The Bertz CT molecular complexity index is 747. The molecule has 0 fully saturated rings. The molecular weight excluding hydrogens is 286 g/mol. The number of nitrogens with one attached hydrogen (secondary N) is 1. The Kier molecular flexibility index (Phi) is 3.45. The predicted molar refractivity (Wildman–Crippen MR) is 68.0 cm³/mol. The number of aryl methyl sites for hydroxylation is 2. The second kappa shape index (κ2) is 4.93. The zero-order valence-electron chi connectivity index (χ0n) is 10.6. The highest BCUT2D eigenvalue weighted by atomic mass is 32.2. The van der Waals surface area contributed by atoms with E-state index >= 15 is 0 Å². The van der Waals surface area contributed by atoms with Crippen molar-refractivity contribution in [1.82, 2.24) is 10.1 Å². The van der Waals surface area contributed by atoms with E-state index in [1.54, 1.807) is 0 Å². The summed E-state index contributed by atoms with van der Waals surface area (Å²) < 4.78 is 31.4. The highest BCUT2D eigenvalue weighted by molar-refractivity contribution is 7.92. The van der Waals surface area contributed by atoms with E-state index in [1.807, 2.05) is 0 Å². The Balaban J connectivity index is 2.39. The van der Waals surface area contributed by atoms with Crippen LogP contribution in [0.25, 0.3) is 0 Å². The highest BCUT2D eigenvalue weighted by Gasteiger charge is 2.24. The summed E-state index contributed by atoms with van der Waals surface area (Å²) in [6.07, 6.45) is 2.33. The van der Waals surface area contributed by atoms with Crippen molar-refractivity contribution in [3.63, 3.8) is 0 Å². The number of nitrogens with zero attached hydrogens (tertiary/aromatic N) is 2. The molecule has 20 heavy (non-hydrogen) atoms. The molecule has 2 rings (SSSR count). The molecule has 0 radical (unpaired) electrons. The van der Waals surface area contributed by atoms with Crippen LogP contribution in [0.5, 0.6) is 0 Å². The van der Waals surface area contributed by atoms with Gasteiger partial charge in [-0.05, 0) is 19.9 Å². The molecule has 0 atom stereocenters. The zero-order valence-corrected chi connectivity index (χ0v) is 11.4. The Morgan fingerprint density at radius 1 is 1.35 bits per heavy atom. The van der Waals surface area contributed by atoms with Crippen LogP contribution in [-0.2, 0) is 10.0 Å². The van der Waals surface area contributed by atoms with E-state index in [2.05, 4.69) is 14.9 Å². The van der Waals surface area contributed by atoms with Crippen molar-refractivity contribution in [2.75, 3.05) is 4.72 Å². The standard InChI is InChI=1S/C11H11N3O5S/c1-6-10(7(2)19-13-6)20(17,18)14-9-3-8(11(15)16)4-12-5-9/h3-5,14H,1-2H3,(H,15,16). The van der Waals surface area contributed by atoms with E-state index < -0.39 is 16.0 Å². The number of anilines is 1. The smallest absolute Gasteiger partial charge is 0.337 e. The van der Waals surface area contributed by atoms with Gasteiger partial charge in [0.15, 0.2) is 10.7 Å². The third kappa shape index (κ3) is 2.62. The number of sulfonamides is 1. The highest BCUT2D eigenvalue weighted by Crippen LogP contribution is 2.22. The Morgan fingerprint density at radius 3 is 2.60 bits per heavy atom. The van der Waals surface area contributed by atoms with Crippen LogP contribution in [0, 0.1) is 13.8 Å². The minimum absolute atomic E-state index is 0.0462. The van der Waals surface area contributed by atoms with Gasteiger partial charge in [0.25, 0.3) is 10.0 Å². The quantitative estimate of drug-likeness (QED) is 0.868. The number of rotatable bonds is 4. The van der Waals surface area contributed by atoms with Crippen molar-refractivity contribution in [2.24, 2.45) is 0 Å². The Hall–Kier alpha value is -2.42. The summed E-state index contributed by atoms with van der Waals surface area (Å²) in [5.74, 6) is -1.05. The first-order valence-corrected chi connectivity index (χ1v) is 6.93. The van der Waals surface area contributed by atoms with Crippen LogP contribution in [0.3, 0.4) is 0 Å². The molecule has 0 aromatic carbocycles. The van der Waals surface area contributed by atoms with Gasteiger partial charge in [-0.3, -0.25) is 9.71 Å². The van der Waals surface area contributed by atoms with Crippen LogP contribution in [0.15, 0.2) is 27.9 Å². The largest absolute Gasteiger partial charge is 0.478 e.